The van der Waals surface area contributed by atoms with Crippen molar-refractivity contribution < 1.29 is 30.9 Å². The molecule has 0 aliphatic heterocycles. The van der Waals surface area contributed by atoms with Crippen molar-refractivity contribution in [3.8, 4) is 23.2 Å². The van der Waals surface area contributed by atoms with Crippen LogP contribution >= 0.6 is 0 Å². The van der Waals surface area contributed by atoms with Crippen LogP contribution in [0.5, 0.6) is 17.4 Å². The molecule has 0 spiro atoms. The van der Waals surface area contributed by atoms with E-state index in [9.17, 15) is 5.11 Å². The molecule has 6 aromatic rings. The molecule has 0 amide bonds. The van der Waals surface area contributed by atoms with Gasteiger partial charge in [0.2, 0.25) is 5.88 Å². The molecule has 0 aliphatic rings. The third-order valence-electron chi connectivity index (χ3n) is 6.11. The van der Waals surface area contributed by atoms with Crippen LogP contribution in [0, 0.1) is 6.07 Å². The number of para-hydroxylation sites is 2. The van der Waals surface area contributed by atoms with E-state index in [2.05, 4.69) is 58.7 Å². The number of pyridine rings is 2. The maximum absolute atomic E-state index is 10.2. The minimum absolute atomic E-state index is 0. The standard InChI is InChI=1S/C29H22N3O2.Pt/c1-18(2)20-14-15-30-27(16-20)32-24-8-4-3-7-22(24)23-12-11-21(17-25(23)32)34-28-13-10-19-6-5-9-26(33)29(19)31-28;/h3-16,18,33H,1-2H3;/q-1;. The molecule has 5 nitrogen and oxygen atoms in total. The fraction of sp³-hybridized carbons (Fsp3) is 0.103. The van der Waals surface area contributed by atoms with Gasteiger partial charge in [0, 0.05) is 50.0 Å². The molecule has 0 fully saturated rings. The monoisotopic (exact) mass is 639 g/mol. The van der Waals surface area contributed by atoms with Crippen LogP contribution in [0.4, 0.5) is 0 Å². The Morgan fingerprint density at radius 2 is 1.77 bits per heavy atom. The van der Waals surface area contributed by atoms with Crippen LogP contribution in [-0.4, -0.2) is 19.6 Å². The van der Waals surface area contributed by atoms with Crippen LogP contribution < -0.4 is 4.74 Å². The van der Waals surface area contributed by atoms with Crippen LogP contribution in [0.15, 0.2) is 85.1 Å². The van der Waals surface area contributed by atoms with E-state index in [1.54, 1.807) is 18.2 Å². The Labute approximate surface area is 217 Å². The van der Waals surface area contributed by atoms with Crippen LogP contribution in [0.3, 0.4) is 0 Å². The number of fused-ring (bicyclic) bond motifs is 4. The molecular formula is C29H22N3O2Pt-. The summed E-state index contributed by atoms with van der Waals surface area (Å²) in [6.45, 7) is 4.36. The predicted molar refractivity (Wildman–Crippen MR) is 135 cm³/mol. The van der Waals surface area contributed by atoms with Crippen molar-refractivity contribution in [2.45, 2.75) is 19.8 Å². The first-order valence-corrected chi connectivity index (χ1v) is 11.3. The van der Waals surface area contributed by atoms with Gasteiger partial charge >= 0.3 is 0 Å². The molecule has 35 heavy (non-hydrogen) atoms. The number of nitrogens with zero attached hydrogens (tertiary/aromatic N) is 3. The normalized spacial score (nSPS) is 11.3. The number of rotatable bonds is 4. The van der Waals surface area contributed by atoms with Gasteiger partial charge < -0.3 is 14.4 Å². The molecule has 0 unspecified atom stereocenters. The van der Waals surface area contributed by atoms with Gasteiger partial charge in [-0.15, -0.1) is 17.5 Å². The maximum Gasteiger partial charge on any atom is 0.217 e. The van der Waals surface area contributed by atoms with E-state index < -0.39 is 0 Å². The van der Waals surface area contributed by atoms with Gasteiger partial charge in [0.15, 0.2) is 0 Å². The van der Waals surface area contributed by atoms with Crippen molar-refractivity contribution in [2.24, 2.45) is 0 Å². The second-order valence-electron chi connectivity index (χ2n) is 8.64. The molecule has 1 N–H and O–H groups in total. The SMILES string of the molecule is CC(C)c1ccnc(-n2c3[c-]c(Oc4ccc5cccc(O)c5n4)ccc3c3ccccc32)c1.[Pt]. The van der Waals surface area contributed by atoms with Crippen molar-refractivity contribution >= 4 is 32.7 Å². The number of aromatic hydroxyl groups is 1. The molecule has 0 radical (unpaired) electrons. The molecule has 0 aliphatic carbocycles. The van der Waals surface area contributed by atoms with Gasteiger partial charge in [0.1, 0.15) is 17.1 Å². The summed E-state index contributed by atoms with van der Waals surface area (Å²) in [6.07, 6.45) is 1.86. The molecule has 0 bridgehead atoms. The van der Waals surface area contributed by atoms with E-state index in [1.807, 2.05) is 42.6 Å². The van der Waals surface area contributed by atoms with Crippen molar-refractivity contribution in [1.82, 2.24) is 14.5 Å². The van der Waals surface area contributed by atoms with Crippen LogP contribution in [0.25, 0.3) is 38.5 Å². The third-order valence-corrected chi connectivity index (χ3v) is 6.11. The Balaban J connectivity index is 0.00000253. The number of ether oxygens (including phenoxy) is 1. The predicted octanol–water partition coefficient (Wildman–Crippen LogP) is 7.15. The van der Waals surface area contributed by atoms with Gasteiger partial charge in [0.05, 0.1) is 0 Å². The molecule has 176 valence electrons. The minimum Gasteiger partial charge on any atom is -0.506 e. The van der Waals surface area contributed by atoms with E-state index in [-0.39, 0.29) is 26.8 Å². The molecule has 3 aromatic carbocycles. The zero-order chi connectivity index (χ0) is 23.2. The molecule has 0 saturated carbocycles. The first-order chi connectivity index (χ1) is 16.6. The summed E-state index contributed by atoms with van der Waals surface area (Å²) >= 11 is 0. The van der Waals surface area contributed by atoms with E-state index in [0.29, 0.717) is 23.1 Å². The zero-order valence-corrected chi connectivity index (χ0v) is 21.4. The van der Waals surface area contributed by atoms with Gasteiger partial charge in [-0.05, 0) is 47.2 Å². The van der Waals surface area contributed by atoms with Gasteiger partial charge in [0.25, 0.3) is 0 Å². The number of phenolic OH excluding ortho intramolecular Hbond substituents is 1. The summed E-state index contributed by atoms with van der Waals surface area (Å²) in [6, 6.07) is 28.9. The number of aromatic nitrogens is 3. The molecule has 3 aromatic heterocycles. The van der Waals surface area contributed by atoms with Crippen molar-refractivity contribution in [3.63, 3.8) is 0 Å². The van der Waals surface area contributed by atoms with Crippen molar-refractivity contribution in [3.05, 3.63) is 96.7 Å². The molecular weight excluding hydrogens is 617 g/mol. The fourth-order valence-corrected chi connectivity index (χ4v) is 4.37. The molecule has 6 heteroatoms. The fourth-order valence-electron chi connectivity index (χ4n) is 4.37. The van der Waals surface area contributed by atoms with Gasteiger partial charge in [-0.2, -0.15) is 6.07 Å². The first-order valence-electron chi connectivity index (χ1n) is 11.3. The largest absolute Gasteiger partial charge is 0.506 e. The average molecular weight is 640 g/mol. The van der Waals surface area contributed by atoms with Gasteiger partial charge in [-0.3, -0.25) is 0 Å². The number of benzene rings is 3. The summed E-state index contributed by atoms with van der Waals surface area (Å²) in [7, 11) is 0. The Bertz CT molecular complexity index is 1690. The second kappa shape index (κ2) is 9.16. The maximum atomic E-state index is 10.2. The van der Waals surface area contributed by atoms with Crippen molar-refractivity contribution in [2.75, 3.05) is 0 Å². The Morgan fingerprint density at radius 1 is 0.914 bits per heavy atom. The first kappa shape index (κ1) is 23.1. The summed E-state index contributed by atoms with van der Waals surface area (Å²) in [4.78, 5) is 9.18. The number of hydrogen-bond donors (Lipinski definition) is 1. The van der Waals surface area contributed by atoms with E-state index in [4.69, 9.17) is 4.74 Å². The Kier molecular flexibility index (Phi) is 6.04. The number of hydrogen-bond acceptors (Lipinski definition) is 4. The summed E-state index contributed by atoms with van der Waals surface area (Å²) in [5.41, 5.74) is 3.68. The third kappa shape index (κ3) is 4.06. The average Bonchev–Trinajstić information content (AvgIpc) is 3.18. The smallest absolute Gasteiger partial charge is 0.217 e. The van der Waals surface area contributed by atoms with E-state index in [1.165, 1.54) is 5.56 Å². The van der Waals surface area contributed by atoms with Gasteiger partial charge in [-0.25, -0.2) is 9.97 Å². The summed E-state index contributed by atoms with van der Waals surface area (Å²) in [5, 5.41) is 13.2. The topological polar surface area (TPSA) is 60.2 Å². The number of phenols is 1. The quantitative estimate of drug-likeness (QED) is 0.208. The second-order valence-corrected chi connectivity index (χ2v) is 8.64. The minimum atomic E-state index is 0. The van der Waals surface area contributed by atoms with Crippen LogP contribution in [0.1, 0.15) is 25.3 Å². The van der Waals surface area contributed by atoms with E-state index in [0.717, 1.165) is 33.0 Å². The van der Waals surface area contributed by atoms with Crippen LogP contribution in [0.2, 0.25) is 0 Å². The van der Waals surface area contributed by atoms with Crippen LogP contribution in [-0.2, 0) is 21.1 Å². The summed E-state index contributed by atoms with van der Waals surface area (Å²) in [5.74, 6) is 2.30. The van der Waals surface area contributed by atoms with E-state index >= 15 is 0 Å². The Morgan fingerprint density at radius 3 is 2.63 bits per heavy atom. The molecule has 0 saturated heterocycles. The van der Waals surface area contributed by atoms with Crippen molar-refractivity contribution in [1.29, 1.82) is 0 Å². The van der Waals surface area contributed by atoms with Gasteiger partial charge in [-0.1, -0.05) is 49.7 Å². The molecule has 3 heterocycles. The molecule has 6 rings (SSSR count). The Hall–Kier alpha value is -3.69. The summed E-state index contributed by atoms with van der Waals surface area (Å²) < 4.78 is 8.21. The zero-order valence-electron chi connectivity index (χ0n) is 19.2. The molecule has 0 atom stereocenters.